The third kappa shape index (κ3) is 3.62. The second-order valence-electron chi connectivity index (χ2n) is 5.01. The number of hydrogen-bond donors (Lipinski definition) is 0. The van der Waals surface area contributed by atoms with Crippen molar-refractivity contribution in [1.29, 1.82) is 0 Å². The Hall–Kier alpha value is -0.400. The molecule has 1 aromatic rings. The van der Waals surface area contributed by atoms with E-state index in [-0.39, 0.29) is 23.5 Å². The van der Waals surface area contributed by atoms with Gasteiger partial charge < -0.3 is 4.90 Å². The molecule has 4 nitrogen and oxygen atoms in total. The van der Waals surface area contributed by atoms with Gasteiger partial charge in [0, 0.05) is 17.1 Å². The van der Waals surface area contributed by atoms with Crippen LogP contribution in [0.5, 0.6) is 0 Å². The normalized spacial score (nSPS) is 21.0. The first-order valence-corrected chi connectivity index (χ1v) is 10.2. The topological polar surface area (TPSA) is 54.5 Å². The molecule has 1 aliphatic heterocycles. The van der Waals surface area contributed by atoms with Crippen LogP contribution in [0, 0.1) is 0 Å². The van der Waals surface area contributed by atoms with Crippen LogP contribution in [0.1, 0.15) is 35.9 Å². The fourth-order valence-corrected chi connectivity index (χ4v) is 5.60. The number of rotatable bonds is 5. The van der Waals surface area contributed by atoms with Crippen molar-refractivity contribution in [1.82, 2.24) is 4.90 Å². The fraction of sp³-hybridized carbons (Fsp3) is 0.615. The Morgan fingerprint density at radius 1 is 1.55 bits per heavy atom. The lowest BCUT2D eigenvalue weighted by Crippen LogP contribution is -2.41. The average Bonchev–Trinajstić information content (AvgIpc) is 2.95. The van der Waals surface area contributed by atoms with Crippen LogP contribution in [0.4, 0.5) is 0 Å². The number of thiophene rings is 1. The molecular formula is C13H18BrNO3S2. The highest BCUT2D eigenvalue weighted by Gasteiger charge is 2.35. The molecule has 0 saturated carbocycles. The molecule has 1 unspecified atom stereocenters. The SMILES string of the molecule is CCCCN(C(=O)c1sccc1Br)C1CCS(=O)(=O)C1. The highest BCUT2D eigenvalue weighted by Crippen LogP contribution is 2.27. The number of carbonyl (C=O) groups excluding carboxylic acids is 1. The number of unbranched alkanes of at least 4 members (excludes halogenated alkanes) is 1. The minimum Gasteiger partial charge on any atom is -0.334 e. The van der Waals surface area contributed by atoms with Crippen molar-refractivity contribution in [3.05, 3.63) is 20.8 Å². The van der Waals surface area contributed by atoms with Gasteiger partial charge in [0.2, 0.25) is 0 Å². The van der Waals surface area contributed by atoms with Gasteiger partial charge in [0.25, 0.3) is 5.91 Å². The highest BCUT2D eigenvalue weighted by molar-refractivity contribution is 9.10. The number of halogens is 1. The maximum absolute atomic E-state index is 12.6. The lowest BCUT2D eigenvalue weighted by Gasteiger charge is -2.28. The van der Waals surface area contributed by atoms with Gasteiger partial charge in [-0.3, -0.25) is 4.79 Å². The highest BCUT2D eigenvalue weighted by atomic mass is 79.9. The van der Waals surface area contributed by atoms with Gasteiger partial charge in [0.1, 0.15) is 4.88 Å². The van der Waals surface area contributed by atoms with Crippen LogP contribution < -0.4 is 0 Å². The molecule has 1 fully saturated rings. The van der Waals surface area contributed by atoms with E-state index >= 15 is 0 Å². The third-order valence-electron chi connectivity index (χ3n) is 3.47. The summed E-state index contributed by atoms with van der Waals surface area (Å²) in [5.74, 6) is 0.243. The summed E-state index contributed by atoms with van der Waals surface area (Å²) in [6.45, 7) is 2.69. The Labute approximate surface area is 132 Å². The monoisotopic (exact) mass is 379 g/mol. The number of amides is 1. The summed E-state index contributed by atoms with van der Waals surface area (Å²) in [5.41, 5.74) is 0. The van der Waals surface area contributed by atoms with E-state index in [2.05, 4.69) is 22.9 Å². The first-order valence-electron chi connectivity index (χ1n) is 6.69. The Balaban J connectivity index is 2.20. The number of nitrogens with zero attached hydrogens (tertiary/aromatic N) is 1. The van der Waals surface area contributed by atoms with E-state index in [1.165, 1.54) is 11.3 Å². The van der Waals surface area contributed by atoms with Crippen molar-refractivity contribution in [2.24, 2.45) is 0 Å². The second-order valence-corrected chi connectivity index (χ2v) is 9.01. The summed E-state index contributed by atoms with van der Waals surface area (Å²) >= 11 is 4.77. The quantitative estimate of drug-likeness (QED) is 0.789. The van der Waals surface area contributed by atoms with Gasteiger partial charge in [0.05, 0.1) is 11.5 Å². The zero-order chi connectivity index (χ0) is 14.8. The standard InChI is InChI=1S/C13H18BrNO3S2/c1-2-3-6-15(10-5-8-20(17,18)9-10)13(16)12-11(14)4-7-19-12/h4,7,10H,2-3,5-6,8-9H2,1H3. The molecule has 112 valence electrons. The smallest absolute Gasteiger partial charge is 0.265 e. The molecule has 0 spiro atoms. The van der Waals surface area contributed by atoms with E-state index in [9.17, 15) is 13.2 Å². The Morgan fingerprint density at radius 3 is 2.80 bits per heavy atom. The number of hydrogen-bond acceptors (Lipinski definition) is 4. The van der Waals surface area contributed by atoms with Crippen LogP contribution in [0.15, 0.2) is 15.9 Å². The molecular weight excluding hydrogens is 362 g/mol. The molecule has 1 aliphatic rings. The molecule has 7 heteroatoms. The van der Waals surface area contributed by atoms with E-state index in [4.69, 9.17) is 0 Å². The summed E-state index contributed by atoms with van der Waals surface area (Å²) in [6.07, 6.45) is 2.43. The molecule has 0 radical (unpaired) electrons. The van der Waals surface area contributed by atoms with E-state index in [0.29, 0.717) is 17.8 Å². The summed E-state index contributed by atoms with van der Waals surface area (Å²) in [5, 5.41) is 1.86. The van der Waals surface area contributed by atoms with Gasteiger partial charge in [-0.2, -0.15) is 0 Å². The molecule has 2 heterocycles. The molecule has 0 aliphatic carbocycles. The van der Waals surface area contributed by atoms with Crippen molar-refractivity contribution < 1.29 is 13.2 Å². The van der Waals surface area contributed by atoms with Crippen molar-refractivity contribution in [2.45, 2.75) is 32.2 Å². The predicted octanol–water partition coefficient (Wildman–Crippen LogP) is 2.94. The number of carbonyl (C=O) groups is 1. The Kier molecular flexibility index (Phi) is 5.25. The van der Waals surface area contributed by atoms with E-state index in [1.807, 2.05) is 11.4 Å². The maximum atomic E-state index is 12.6. The summed E-state index contributed by atoms with van der Waals surface area (Å²) in [7, 11) is -2.98. The molecule has 0 bridgehead atoms. The molecule has 1 amide bonds. The van der Waals surface area contributed by atoms with Crippen LogP contribution in [0.2, 0.25) is 0 Å². The molecule has 2 rings (SSSR count). The van der Waals surface area contributed by atoms with Crippen molar-refractivity contribution in [3.63, 3.8) is 0 Å². The lowest BCUT2D eigenvalue weighted by molar-refractivity contribution is 0.0698. The lowest BCUT2D eigenvalue weighted by atomic mass is 10.2. The largest absolute Gasteiger partial charge is 0.334 e. The van der Waals surface area contributed by atoms with Crippen molar-refractivity contribution in [3.8, 4) is 0 Å². The first-order chi connectivity index (χ1) is 9.44. The zero-order valence-electron chi connectivity index (χ0n) is 11.3. The van der Waals surface area contributed by atoms with Gasteiger partial charge in [-0.25, -0.2) is 8.42 Å². The Morgan fingerprint density at radius 2 is 2.30 bits per heavy atom. The summed E-state index contributed by atoms with van der Waals surface area (Å²) in [6, 6.07) is 1.68. The maximum Gasteiger partial charge on any atom is 0.265 e. The zero-order valence-corrected chi connectivity index (χ0v) is 14.6. The summed E-state index contributed by atoms with van der Waals surface area (Å²) < 4.78 is 24.1. The first kappa shape index (κ1) is 16.0. The minimum absolute atomic E-state index is 0.0533. The fourth-order valence-electron chi connectivity index (χ4n) is 2.38. The van der Waals surface area contributed by atoms with Gasteiger partial charge in [0.15, 0.2) is 9.84 Å². The molecule has 0 N–H and O–H groups in total. The van der Waals surface area contributed by atoms with Gasteiger partial charge in [-0.1, -0.05) is 13.3 Å². The van der Waals surface area contributed by atoms with Crippen molar-refractivity contribution in [2.75, 3.05) is 18.1 Å². The molecule has 0 aromatic carbocycles. The van der Waals surface area contributed by atoms with Crippen LogP contribution >= 0.6 is 27.3 Å². The van der Waals surface area contributed by atoms with Crippen LogP contribution in [0.3, 0.4) is 0 Å². The van der Waals surface area contributed by atoms with E-state index < -0.39 is 9.84 Å². The molecule has 1 atom stereocenters. The minimum atomic E-state index is -2.98. The molecule has 1 saturated heterocycles. The summed E-state index contributed by atoms with van der Waals surface area (Å²) in [4.78, 5) is 15.1. The van der Waals surface area contributed by atoms with Crippen LogP contribution in [0.25, 0.3) is 0 Å². The molecule has 1 aromatic heterocycles. The average molecular weight is 380 g/mol. The van der Waals surface area contributed by atoms with E-state index in [0.717, 1.165) is 17.3 Å². The van der Waals surface area contributed by atoms with Gasteiger partial charge in [-0.05, 0) is 40.2 Å². The van der Waals surface area contributed by atoms with Crippen LogP contribution in [-0.2, 0) is 9.84 Å². The van der Waals surface area contributed by atoms with E-state index in [1.54, 1.807) is 4.90 Å². The van der Waals surface area contributed by atoms with Gasteiger partial charge >= 0.3 is 0 Å². The second kappa shape index (κ2) is 6.58. The predicted molar refractivity (Wildman–Crippen MR) is 85.0 cm³/mol. The van der Waals surface area contributed by atoms with Crippen LogP contribution in [-0.4, -0.2) is 43.3 Å². The van der Waals surface area contributed by atoms with Crippen molar-refractivity contribution >= 4 is 43.0 Å². The Bertz CT molecular complexity index is 582. The number of sulfone groups is 1. The molecule has 20 heavy (non-hydrogen) atoms. The van der Waals surface area contributed by atoms with Gasteiger partial charge in [-0.15, -0.1) is 11.3 Å². The third-order valence-corrected chi connectivity index (χ3v) is 7.05.